The molecule has 2 rings (SSSR count). The summed E-state index contributed by atoms with van der Waals surface area (Å²) in [6.07, 6.45) is 7.44. The lowest BCUT2D eigenvalue weighted by atomic mass is 9.91. The van der Waals surface area contributed by atoms with Crippen LogP contribution in [-0.2, 0) is 0 Å². The predicted octanol–water partition coefficient (Wildman–Crippen LogP) is 5.33. The molecule has 1 aromatic rings. The van der Waals surface area contributed by atoms with Gasteiger partial charge in [-0.2, -0.15) is 0 Å². The summed E-state index contributed by atoms with van der Waals surface area (Å²) in [6, 6.07) is 4.65. The molecule has 0 spiro atoms. The van der Waals surface area contributed by atoms with E-state index in [-0.39, 0.29) is 5.82 Å². The van der Waals surface area contributed by atoms with Crippen molar-refractivity contribution < 1.29 is 4.39 Å². The van der Waals surface area contributed by atoms with E-state index in [4.69, 9.17) is 5.73 Å². The second kappa shape index (κ2) is 9.93. The van der Waals surface area contributed by atoms with E-state index in [0.717, 1.165) is 5.92 Å². The van der Waals surface area contributed by atoms with Gasteiger partial charge in [0.2, 0.25) is 0 Å². The van der Waals surface area contributed by atoms with E-state index in [1.165, 1.54) is 38.2 Å². The molecule has 0 radical (unpaired) electrons. The zero-order chi connectivity index (χ0) is 14.0. The first-order chi connectivity index (χ1) is 8.59. The summed E-state index contributed by atoms with van der Waals surface area (Å²) in [4.78, 5) is 0. The van der Waals surface area contributed by atoms with Crippen LogP contribution in [0.25, 0.3) is 0 Å². The number of rotatable bonds is 0. The standard InChI is InChI=1S/C7H8FN.C7H14.C2H6/c1-5-2-3-6(9)4-7(5)8;1-7-5-3-2-4-6-7;1-2/h2-4H,9H2,1H3;7H,2-6H2,1H3;1-2H3. The van der Waals surface area contributed by atoms with Gasteiger partial charge in [0.25, 0.3) is 0 Å². The van der Waals surface area contributed by atoms with Crippen LogP contribution in [0.5, 0.6) is 0 Å². The summed E-state index contributed by atoms with van der Waals surface area (Å²) in [5.74, 6) is 0.795. The highest BCUT2D eigenvalue weighted by Crippen LogP contribution is 2.22. The first kappa shape index (κ1) is 16.9. The number of hydrogen-bond acceptors (Lipinski definition) is 1. The lowest BCUT2D eigenvalue weighted by Gasteiger charge is -2.15. The molecule has 18 heavy (non-hydrogen) atoms. The third kappa shape index (κ3) is 7.31. The van der Waals surface area contributed by atoms with Gasteiger partial charge >= 0.3 is 0 Å². The molecule has 1 fully saturated rings. The summed E-state index contributed by atoms with van der Waals surface area (Å²) >= 11 is 0. The van der Waals surface area contributed by atoms with Gasteiger partial charge in [0.15, 0.2) is 0 Å². The minimum absolute atomic E-state index is 0.241. The Hall–Kier alpha value is -1.05. The molecule has 0 aromatic heterocycles. The van der Waals surface area contributed by atoms with Crippen LogP contribution in [0.3, 0.4) is 0 Å². The van der Waals surface area contributed by atoms with Crippen LogP contribution in [0.15, 0.2) is 18.2 Å². The third-order valence-electron chi connectivity index (χ3n) is 3.09. The van der Waals surface area contributed by atoms with Gasteiger partial charge in [-0.05, 0) is 30.5 Å². The predicted molar refractivity (Wildman–Crippen MR) is 79.1 cm³/mol. The maximum absolute atomic E-state index is 12.5. The maximum Gasteiger partial charge on any atom is 0.128 e. The van der Waals surface area contributed by atoms with Crippen molar-refractivity contribution in [1.82, 2.24) is 0 Å². The van der Waals surface area contributed by atoms with Gasteiger partial charge in [0, 0.05) is 5.69 Å². The van der Waals surface area contributed by atoms with Gasteiger partial charge in [-0.15, -0.1) is 0 Å². The molecular weight excluding hydrogens is 225 g/mol. The van der Waals surface area contributed by atoms with E-state index in [9.17, 15) is 4.39 Å². The maximum atomic E-state index is 12.5. The Bertz CT molecular complexity index is 317. The molecule has 1 aliphatic rings. The SMILES string of the molecule is CC.CC1CCCCC1.Cc1ccc(N)cc1F. The molecule has 0 unspecified atom stereocenters. The number of aryl methyl sites for hydroxylation is 1. The molecule has 0 aliphatic heterocycles. The smallest absolute Gasteiger partial charge is 0.128 e. The summed E-state index contributed by atoms with van der Waals surface area (Å²) in [5.41, 5.74) is 6.39. The first-order valence-electron chi connectivity index (χ1n) is 7.11. The van der Waals surface area contributed by atoms with Crippen molar-refractivity contribution in [2.75, 3.05) is 5.73 Å². The van der Waals surface area contributed by atoms with Crippen molar-refractivity contribution in [3.63, 3.8) is 0 Å². The fourth-order valence-electron chi connectivity index (χ4n) is 1.92. The van der Waals surface area contributed by atoms with Gasteiger partial charge in [-0.3, -0.25) is 0 Å². The molecule has 1 aromatic carbocycles. The first-order valence-corrected chi connectivity index (χ1v) is 7.11. The molecule has 1 nitrogen and oxygen atoms in total. The van der Waals surface area contributed by atoms with E-state index in [1.807, 2.05) is 13.8 Å². The van der Waals surface area contributed by atoms with Crippen LogP contribution in [0.1, 0.15) is 58.4 Å². The average molecular weight is 253 g/mol. The largest absolute Gasteiger partial charge is 0.399 e. The van der Waals surface area contributed by atoms with Crippen LogP contribution in [0, 0.1) is 18.7 Å². The summed E-state index contributed by atoms with van der Waals surface area (Å²) in [5, 5.41) is 0. The highest BCUT2D eigenvalue weighted by molar-refractivity contribution is 5.39. The second-order valence-corrected chi connectivity index (χ2v) is 4.75. The van der Waals surface area contributed by atoms with Crippen LogP contribution in [0.2, 0.25) is 0 Å². The molecule has 1 aliphatic carbocycles. The number of halogens is 1. The Balaban J connectivity index is 0.000000289. The molecule has 0 atom stereocenters. The lowest BCUT2D eigenvalue weighted by molar-refractivity contribution is 0.385. The zero-order valence-electron chi connectivity index (χ0n) is 12.3. The van der Waals surface area contributed by atoms with Crippen LogP contribution in [0.4, 0.5) is 10.1 Å². The van der Waals surface area contributed by atoms with Gasteiger partial charge in [0.05, 0.1) is 0 Å². The number of hydrogen-bond donors (Lipinski definition) is 1. The summed E-state index contributed by atoms with van der Waals surface area (Å²) in [7, 11) is 0. The molecule has 2 heteroatoms. The number of nitrogen functional groups attached to an aromatic ring is 1. The summed E-state index contributed by atoms with van der Waals surface area (Å²) < 4.78 is 12.5. The summed E-state index contributed by atoms with van der Waals surface area (Å²) in [6.45, 7) is 8.06. The van der Waals surface area contributed by atoms with E-state index >= 15 is 0 Å². The molecule has 0 bridgehead atoms. The van der Waals surface area contributed by atoms with Crippen molar-refractivity contribution in [3.05, 3.63) is 29.6 Å². The molecule has 104 valence electrons. The van der Waals surface area contributed by atoms with Gasteiger partial charge in [-0.1, -0.05) is 58.9 Å². The van der Waals surface area contributed by atoms with Crippen molar-refractivity contribution in [2.45, 2.75) is 59.8 Å². The number of nitrogens with two attached hydrogens (primary N) is 1. The Morgan fingerprint density at radius 2 is 1.67 bits per heavy atom. The highest BCUT2D eigenvalue weighted by atomic mass is 19.1. The van der Waals surface area contributed by atoms with Gasteiger partial charge in [-0.25, -0.2) is 4.39 Å². The topological polar surface area (TPSA) is 26.0 Å². The molecule has 0 amide bonds. The fraction of sp³-hybridized carbons (Fsp3) is 0.625. The molecule has 0 saturated heterocycles. The number of benzene rings is 1. The van der Waals surface area contributed by atoms with Crippen molar-refractivity contribution in [2.24, 2.45) is 5.92 Å². The Kier molecular flexibility index (Phi) is 9.35. The van der Waals surface area contributed by atoms with E-state index in [1.54, 1.807) is 19.1 Å². The van der Waals surface area contributed by atoms with E-state index in [0.29, 0.717) is 11.3 Å². The third-order valence-corrected chi connectivity index (χ3v) is 3.09. The van der Waals surface area contributed by atoms with Crippen molar-refractivity contribution in [1.29, 1.82) is 0 Å². The molecule has 2 N–H and O–H groups in total. The van der Waals surface area contributed by atoms with Gasteiger partial charge in [0.1, 0.15) is 5.82 Å². The van der Waals surface area contributed by atoms with Crippen molar-refractivity contribution in [3.8, 4) is 0 Å². The Morgan fingerprint density at radius 1 is 1.11 bits per heavy atom. The van der Waals surface area contributed by atoms with Crippen LogP contribution < -0.4 is 5.73 Å². The normalized spacial score (nSPS) is 14.9. The minimum atomic E-state index is -0.241. The second-order valence-electron chi connectivity index (χ2n) is 4.75. The Morgan fingerprint density at radius 3 is 2.00 bits per heavy atom. The fourth-order valence-corrected chi connectivity index (χ4v) is 1.92. The zero-order valence-corrected chi connectivity index (χ0v) is 12.3. The van der Waals surface area contributed by atoms with E-state index < -0.39 is 0 Å². The minimum Gasteiger partial charge on any atom is -0.399 e. The molecular formula is C16H28FN. The lowest BCUT2D eigenvalue weighted by Crippen LogP contribution is -1.99. The molecule has 1 saturated carbocycles. The average Bonchev–Trinajstić information content (AvgIpc) is 2.38. The number of anilines is 1. The van der Waals surface area contributed by atoms with Crippen molar-refractivity contribution >= 4 is 5.69 Å². The highest BCUT2D eigenvalue weighted by Gasteiger charge is 2.05. The van der Waals surface area contributed by atoms with E-state index in [2.05, 4.69) is 6.92 Å². The van der Waals surface area contributed by atoms with Crippen LogP contribution in [-0.4, -0.2) is 0 Å². The quantitative estimate of drug-likeness (QED) is 0.621. The molecule has 0 heterocycles. The monoisotopic (exact) mass is 253 g/mol. The van der Waals surface area contributed by atoms with Crippen LogP contribution >= 0.6 is 0 Å². The Labute approximate surface area is 112 Å². The van der Waals surface area contributed by atoms with Gasteiger partial charge < -0.3 is 5.73 Å².